The van der Waals surface area contributed by atoms with Crippen molar-refractivity contribution in [3.63, 3.8) is 0 Å². The zero-order valence-corrected chi connectivity index (χ0v) is 11.6. The highest BCUT2D eigenvalue weighted by Gasteiger charge is 2.25. The Bertz CT molecular complexity index is 171. The van der Waals surface area contributed by atoms with Crippen molar-refractivity contribution in [1.82, 2.24) is 10.2 Å². The largest absolute Gasteiger partial charge is 0.396 e. The molecule has 0 aliphatic carbocycles. The van der Waals surface area contributed by atoms with E-state index in [1.807, 2.05) is 0 Å². The molecule has 0 spiro atoms. The maximum absolute atomic E-state index is 9.10. The molecule has 1 fully saturated rings. The minimum Gasteiger partial charge on any atom is -0.396 e. The van der Waals surface area contributed by atoms with Crippen LogP contribution in [0.4, 0.5) is 0 Å². The molecule has 1 aliphatic rings. The predicted octanol–water partition coefficient (Wildman–Crippen LogP) is 1.86. The lowest BCUT2D eigenvalue weighted by Gasteiger charge is -2.38. The molecule has 0 aromatic heterocycles. The van der Waals surface area contributed by atoms with Crippen molar-refractivity contribution in [2.75, 3.05) is 32.8 Å². The number of nitrogens with zero attached hydrogens (tertiary/aromatic N) is 1. The molecule has 0 aromatic carbocycles. The van der Waals surface area contributed by atoms with Crippen LogP contribution in [-0.4, -0.2) is 48.8 Å². The number of unbranched alkanes of at least 4 members (excludes halogenated alkanes) is 1. The molecular weight excluding hydrogens is 212 g/mol. The number of aliphatic hydroxyl groups excluding tert-OH is 1. The average molecular weight is 242 g/mol. The van der Waals surface area contributed by atoms with E-state index in [-0.39, 0.29) is 0 Å². The van der Waals surface area contributed by atoms with Crippen LogP contribution in [0.15, 0.2) is 0 Å². The normalized spacial score (nSPS) is 26.3. The summed E-state index contributed by atoms with van der Waals surface area (Å²) >= 11 is 0. The summed E-state index contributed by atoms with van der Waals surface area (Å²) in [5, 5.41) is 12.7. The first-order valence-electron chi connectivity index (χ1n) is 7.36. The van der Waals surface area contributed by atoms with Gasteiger partial charge < -0.3 is 15.3 Å². The number of hydrogen-bond donors (Lipinski definition) is 2. The van der Waals surface area contributed by atoms with Crippen LogP contribution in [0.1, 0.15) is 46.0 Å². The Hall–Kier alpha value is -0.120. The van der Waals surface area contributed by atoms with Gasteiger partial charge in [-0.3, -0.25) is 0 Å². The van der Waals surface area contributed by atoms with Crippen molar-refractivity contribution in [2.45, 2.75) is 52.0 Å². The van der Waals surface area contributed by atoms with Gasteiger partial charge >= 0.3 is 0 Å². The Balaban J connectivity index is 2.37. The third-order valence-corrected chi connectivity index (χ3v) is 3.66. The summed E-state index contributed by atoms with van der Waals surface area (Å²) in [4.78, 5) is 2.58. The molecule has 17 heavy (non-hydrogen) atoms. The van der Waals surface area contributed by atoms with Gasteiger partial charge in [0.05, 0.1) is 0 Å². The van der Waals surface area contributed by atoms with Gasteiger partial charge in [-0.15, -0.1) is 0 Å². The molecule has 1 rings (SSSR count). The van der Waals surface area contributed by atoms with Crippen LogP contribution in [0.25, 0.3) is 0 Å². The lowest BCUT2D eigenvalue weighted by atomic mass is 9.91. The van der Waals surface area contributed by atoms with E-state index in [2.05, 4.69) is 24.1 Å². The van der Waals surface area contributed by atoms with Gasteiger partial charge in [0, 0.05) is 25.7 Å². The fourth-order valence-electron chi connectivity index (χ4n) is 2.76. The zero-order chi connectivity index (χ0) is 12.5. The first-order chi connectivity index (χ1) is 8.30. The monoisotopic (exact) mass is 242 g/mol. The van der Waals surface area contributed by atoms with Gasteiger partial charge in [-0.25, -0.2) is 0 Å². The Morgan fingerprint density at radius 2 is 2.06 bits per heavy atom. The van der Waals surface area contributed by atoms with Gasteiger partial charge in [-0.05, 0) is 44.7 Å². The second-order valence-corrected chi connectivity index (χ2v) is 5.38. The van der Waals surface area contributed by atoms with Crippen molar-refractivity contribution in [2.24, 2.45) is 5.92 Å². The van der Waals surface area contributed by atoms with Gasteiger partial charge in [0.25, 0.3) is 0 Å². The fraction of sp³-hybridized carbons (Fsp3) is 1.00. The highest BCUT2D eigenvalue weighted by Crippen LogP contribution is 2.20. The molecule has 0 aromatic rings. The van der Waals surface area contributed by atoms with Crippen LogP contribution in [0.2, 0.25) is 0 Å². The topological polar surface area (TPSA) is 35.5 Å². The average Bonchev–Trinajstić information content (AvgIpc) is 2.34. The SMILES string of the molecule is CCCCN1CC(CCO)CC(NCCC)C1. The van der Waals surface area contributed by atoms with Crippen molar-refractivity contribution in [3.8, 4) is 0 Å². The van der Waals surface area contributed by atoms with E-state index in [0.717, 1.165) is 13.0 Å². The molecule has 2 atom stereocenters. The molecule has 0 saturated carbocycles. The molecule has 2 unspecified atom stereocenters. The molecule has 1 aliphatic heterocycles. The summed E-state index contributed by atoms with van der Waals surface area (Å²) in [7, 11) is 0. The first kappa shape index (κ1) is 14.9. The lowest BCUT2D eigenvalue weighted by Crippen LogP contribution is -2.49. The quantitative estimate of drug-likeness (QED) is 0.682. The van der Waals surface area contributed by atoms with Crippen LogP contribution in [-0.2, 0) is 0 Å². The summed E-state index contributed by atoms with van der Waals surface area (Å²) in [5.41, 5.74) is 0. The van der Waals surface area contributed by atoms with E-state index in [0.29, 0.717) is 18.6 Å². The third-order valence-electron chi connectivity index (χ3n) is 3.66. The van der Waals surface area contributed by atoms with E-state index in [1.54, 1.807) is 0 Å². The van der Waals surface area contributed by atoms with Gasteiger partial charge in [-0.1, -0.05) is 20.3 Å². The van der Waals surface area contributed by atoms with Crippen LogP contribution >= 0.6 is 0 Å². The molecule has 0 radical (unpaired) electrons. The van der Waals surface area contributed by atoms with Gasteiger partial charge in [0.2, 0.25) is 0 Å². The first-order valence-corrected chi connectivity index (χ1v) is 7.36. The molecule has 1 saturated heterocycles. The number of likely N-dealkylation sites (tertiary alicyclic amines) is 1. The number of nitrogens with one attached hydrogen (secondary N) is 1. The van der Waals surface area contributed by atoms with Crippen molar-refractivity contribution < 1.29 is 5.11 Å². The number of rotatable bonds is 8. The molecule has 0 amide bonds. The second kappa shape index (κ2) is 8.90. The van der Waals surface area contributed by atoms with Crippen molar-refractivity contribution >= 4 is 0 Å². The lowest BCUT2D eigenvalue weighted by molar-refractivity contribution is 0.120. The summed E-state index contributed by atoms with van der Waals surface area (Å²) in [6, 6.07) is 0.636. The highest BCUT2D eigenvalue weighted by molar-refractivity contribution is 4.83. The second-order valence-electron chi connectivity index (χ2n) is 5.38. The van der Waals surface area contributed by atoms with Gasteiger partial charge in [-0.2, -0.15) is 0 Å². The van der Waals surface area contributed by atoms with Crippen LogP contribution in [0.5, 0.6) is 0 Å². The Morgan fingerprint density at radius 1 is 1.24 bits per heavy atom. The maximum Gasteiger partial charge on any atom is 0.0434 e. The van der Waals surface area contributed by atoms with E-state index in [4.69, 9.17) is 5.11 Å². The molecule has 2 N–H and O–H groups in total. The molecular formula is C14H30N2O. The molecule has 3 nitrogen and oxygen atoms in total. The summed E-state index contributed by atoms with van der Waals surface area (Å²) in [6.45, 7) is 9.54. The summed E-state index contributed by atoms with van der Waals surface area (Å²) < 4.78 is 0. The van der Waals surface area contributed by atoms with Crippen LogP contribution < -0.4 is 5.32 Å². The predicted molar refractivity (Wildman–Crippen MR) is 73.2 cm³/mol. The minimum atomic E-state index is 0.340. The van der Waals surface area contributed by atoms with E-state index < -0.39 is 0 Å². The zero-order valence-electron chi connectivity index (χ0n) is 11.6. The van der Waals surface area contributed by atoms with E-state index in [1.165, 1.54) is 45.3 Å². The van der Waals surface area contributed by atoms with Crippen LogP contribution in [0, 0.1) is 5.92 Å². The third kappa shape index (κ3) is 5.84. The van der Waals surface area contributed by atoms with Crippen molar-refractivity contribution in [3.05, 3.63) is 0 Å². The highest BCUT2D eigenvalue weighted by atomic mass is 16.3. The summed E-state index contributed by atoms with van der Waals surface area (Å²) in [5.74, 6) is 0.681. The summed E-state index contributed by atoms with van der Waals surface area (Å²) in [6.07, 6.45) is 5.98. The van der Waals surface area contributed by atoms with Crippen LogP contribution in [0.3, 0.4) is 0 Å². The Labute approximate surface area is 107 Å². The fourth-order valence-corrected chi connectivity index (χ4v) is 2.76. The molecule has 0 bridgehead atoms. The molecule has 1 heterocycles. The standard InChI is InChI=1S/C14H30N2O/c1-3-5-8-16-11-13(6-9-17)10-14(12-16)15-7-4-2/h13-15,17H,3-12H2,1-2H3. The molecule has 102 valence electrons. The van der Waals surface area contributed by atoms with E-state index >= 15 is 0 Å². The Kier molecular flexibility index (Phi) is 7.82. The Morgan fingerprint density at radius 3 is 2.71 bits per heavy atom. The number of hydrogen-bond acceptors (Lipinski definition) is 3. The molecule has 3 heteroatoms. The van der Waals surface area contributed by atoms with E-state index in [9.17, 15) is 0 Å². The van der Waals surface area contributed by atoms with Gasteiger partial charge in [0.15, 0.2) is 0 Å². The smallest absolute Gasteiger partial charge is 0.0434 e. The number of piperidine rings is 1. The van der Waals surface area contributed by atoms with Gasteiger partial charge in [0.1, 0.15) is 0 Å². The number of aliphatic hydroxyl groups is 1. The minimum absolute atomic E-state index is 0.340. The van der Waals surface area contributed by atoms with Crippen molar-refractivity contribution in [1.29, 1.82) is 0 Å². The maximum atomic E-state index is 9.10.